The van der Waals surface area contributed by atoms with Gasteiger partial charge in [0.15, 0.2) is 0 Å². The van der Waals surface area contributed by atoms with Crippen LogP contribution in [-0.2, 0) is 9.53 Å². The first-order valence-corrected chi connectivity index (χ1v) is 6.30. The van der Waals surface area contributed by atoms with E-state index in [9.17, 15) is 4.79 Å². The summed E-state index contributed by atoms with van der Waals surface area (Å²) in [6.45, 7) is 3.49. The lowest BCUT2D eigenvalue weighted by molar-refractivity contribution is -0.143. The molecule has 1 heterocycles. The molecule has 5 nitrogen and oxygen atoms in total. The van der Waals surface area contributed by atoms with Crippen LogP contribution in [0.4, 0.5) is 0 Å². The zero-order chi connectivity index (χ0) is 12.8. The number of hydrogen-bond acceptors (Lipinski definition) is 6. The van der Waals surface area contributed by atoms with Crippen molar-refractivity contribution in [3.63, 3.8) is 0 Å². The molecule has 0 aromatic carbocycles. The molecule has 1 unspecified atom stereocenters. The van der Waals surface area contributed by atoms with Crippen molar-refractivity contribution < 1.29 is 9.53 Å². The fourth-order valence-corrected chi connectivity index (χ4v) is 2.28. The number of nitrogens with zero attached hydrogens (tertiary/aromatic N) is 2. The molecule has 0 aliphatic carbocycles. The highest BCUT2D eigenvalue weighted by Crippen LogP contribution is 2.22. The second-order valence-corrected chi connectivity index (χ2v) is 4.90. The van der Waals surface area contributed by atoms with Crippen LogP contribution in [-0.4, -0.2) is 50.1 Å². The minimum atomic E-state index is -0.410. The first kappa shape index (κ1) is 14.1. The second-order valence-electron chi connectivity index (χ2n) is 4.02. The molecule has 0 spiro atoms. The summed E-state index contributed by atoms with van der Waals surface area (Å²) in [7, 11) is 5.39. The molecule has 1 aromatic rings. The van der Waals surface area contributed by atoms with Crippen LogP contribution in [0, 0.1) is 6.92 Å². The topological polar surface area (TPSA) is 54.5 Å². The maximum absolute atomic E-state index is 11.7. The number of rotatable bonds is 6. The number of esters is 1. The van der Waals surface area contributed by atoms with Crippen molar-refractivity contribution in [3.05, 3.63) is 16.1 Å². The standard InChI is InChI=1S/C11H19N3O2S/c1-8-10(17-7-13-8)9(11(15)16-4)12-5-6-14(2)3/h7,9,12H,5-6H2,1-4H3. The number of ether oxygens (including phenoxy) is 1. The molecule has 6 heteroatoms. The molecule has 1 atom stereocenters. The Labute approximate surface area is 106 Å². The lowest BCUT2D eigenvalue weighted by Crippen LogP contribution is -2.34. The summed E-state index contributed by atoms with van der Waals surface area (Å²) in [6, 6.07) is -0.410. The van der Waals surface area contributed by atoms with Crippen molar-refractivity contribution >= 4 is 17.3 Å². The molecule has 1 aromatic heterocycles. The van der Waals surface area contributed by atoms with Gasteiger partial charge < -0.3 is 9.64 Å². The van der Waals surface area contributed by atoms with Crippen LogP contribution in [0.15, 0.2) is 5.51 Å². The first-order chi connectivity index (χ1) is 8.06. The fraction of sp³-hybridized carbons (Fsp3) is 0.636. The van der Waals surface area contributed by atoms with E-state index in [1.165, 1.54) is 18.4 Å². The molecule has 0 amide bonds. The van der Waals surface area contributed by atoms with Crippen molar-refractivity contribution in [1.82, 2.24) is 15.2 Å². The lowest BCUT2D eigenvalue weighted by atomic mass is 10.2. The van der Waals surface area contributed by atoms with Gasteiger partial charge in [0.25, 0.3) is 0 Å². The fourth-order valence-electron chi connectivity index (χ4n) is 1.42. The van der Waals surface area contributed by atoms with Gasteiger partial charge in [0, 0.05) is 13.1 Å². The Morgan fingerprint density at radius 1 is 1.65 bits per heavy atom. The van der Waals surface area contributed by atoms with Gasteiger partial charge in [0.1, 0.15) is 6.04 Å². The number of thiazole rings is 1. The summed E-state index contributed by atoms with van der Waals surface area (Å²) in [6.07, 6.45) is 0. The van der Waals surface area contributed by atoms with E-state index in [2.05, 4.69) is 15.2 Å². The third kappa shape index (κ3) is 4.07. The van der Waals surface area contributed by atoms with Crippen LogP contribution >= 0.6 is 11.3 Å². The van der Waals surface area contributed by atoms with Gasteiger partial charge in [-0.05, 0) is 21.0 Å². The molecule has 0 aliphatic rings. The molecule has 17 heavy (non-hydrogen) atoms. The zero-order valence-corrected chi connectivity index (χ0v) is 11.5. The van der Waals surface area contributed by atoms with Crippen molar-refractivity contribution in [2.45, 2.75) is 13.0 Å². The zero-order valence-electron chi connectivity index (χ0n) is 10.7. The number of aryl methyl sites for hydroxylation is 1. The first-order valence-electron chi connectivity index (χ1n) is 5.42. The average molecular weight is 257 g/mol. The predicted molar refractivity (Wildman–Crippen MR) is 68.2 cm³/mol. The van der Waals surface area contributed by atoms with Crippen LogP contribution < -0.4 is 5.32 Å². The number of carbonyl (C=O) groups excluding carboxylic acids is 1. The molecule has 0 saturated carbocycles. The Bertz CT molecular complexity index is 365. The number of likely N-dealkylation sites (N-methyl/N-ethyl adjacent to an activating group) is 1. The van der Waals surface area contributed by atoms with Gasteiger partial charge in [-0.15, -0.1) is 11.3 Å². The average Bonchev–Trinajstić information content (AvgIpc) is 2.69. The maximum Gasteiger partial charge on any atom is 0.328 e. The van der Waals surface area contributed by atoms with Crippen LogP contribution in [0.25, 0.3) is 0 Å². The van der Waals surface area contributed by atoms with Crippen molar-refractivity contribution in [2.24, 2.45) is 0 Å². The van der Waals surface area contributed by atoms with Crippen molar-refractivity contribution in [3.8, 4) is 0 Å². The van der Waals surface area contributed by atoms with E-state index in [0.29, 0.717) is 0 Å². The molecule has 0 radical (unpaired) electrons. The smallest absolute Gasteiger partial charge is 0.328 e. The number of methoxy groups -OCH3 is 1. The molecule has 1 rings (SSSR count). The molecule has 1 N–H and O–H groups in total. The SMILES string of the molecule is COC(=O)C(NCCN(C)C)c1scnc1C. The highest BCUT2D eigenvalue weighted by molar-refractivity contribution is 7.10. The van der Waals surface area contributed by atoms with Crippen LogP contribution in [0.5, 0.6) is 0 Å². The van der Waals surface area contributed by atoms with E-state index < -0.39 is 6.04 Å². The van der Waals surface area contributed by atoms with E-state index >= 15 is 0 Å². The summed E-state index contributed by atoms with van der Waals surface area (Å²) in [5, 5.41) is 3.20. The van der Waals surface area contributed by atoms with Gasteiger partial charge in [-0.1, -0.05) is 0 Å². The summed E-state index contributed by atoms with van der Waals surface area (Å²) < 4.78 is 4.81. The quantitative estimate of drug-likeness (QED) is 0.765. The molecular weight excluding hydrogens is 238 g/mol. The summed E-state index contributed by atoms with van der Waals surface area (Å²) >= 11 is 1.47. The second kappa shape index (κ2) is 6.68. The third-order valence-electron chi connectivity index (χ3n) is 2.39. The van der Waals surface area contributed by atoms with E-state index in [4.69, 9.17) is 4.74 Å². The Kier molecular flexibility index (Phi) is 5.54. The van der Waals surface area contributed by atoms with Gasteiger partial charge in [-0.25, -0.2) is 9.78 Å². The molecule has 96 valence electrons. The van der Waals surface area contributed by atoms with Crippen molar-refractivity contribution in [2.75, 3.05) is 34.3 Å². The highest BCUT2D eigenvalue weighted by Gasteiger charge is 2.24. The molecular formula is C11H19N3O2S. The van der Waals surface area contributed by atoms with E-state index in [-0.39, 0.29) is 5.97 Å². The van der Waals surface area contributed by atoms with E-state index in [1.807, 2.05) is 21.0 Å². The van der Waals surface area contributed by atoms with E-state index in [1.54, 1.807) is 5.51 Å². The molecule has 0 aliphatic heterocycles. The van der Waals surface area contributed by atoms with Gasteiger partial charge in [0.05, 0.1) is 23.2 Å². The monoisotopic (exact) mass is 257 g/mol. The van der Waals surface area contributed by atoms with E-state index in [0.717, 1.165) is 23.7 Å². The normalized spacial score (nSPS) is 12.8. The minimum absolute atomic E-state index is 0.267. The third-order valence-corrected chi connectivity index (χ3v) is 3.39. The maximum atomic E-state index is 11.7. The molecule has 0 fully saturated rings. The summed E-state index contributed by atoms with van der Waals surface area (Å²) in [4.78, 5) is 18.9. The van der Waals surface area contributed by atoms with Gasteiger partial charge in [0.2, 0.25) is 0 Å². The lowest BCUT2D eigenvalue weighted by Gasteiger charge is -2.17. The summed E-state index contributed by atoms with van der Waals surface area (Å²) in [5.41, 5.74) is 2.62. The van der Waals surface area contributed by atoms with Crippen LogP contribution in [0.1, 0.15) is 16.6 Å². The molecule has 0 saturated heterocycles. The largest absolute Gasteiger partial charge is 0.468 e. The van der Waals surface area contributed by atoms with Gasteiger partial charge >= 0.3 is 5.97 Å². The van der Waals surface area contributed by atoms with Gasteiger partial charge in [-0.2, -0.15) is 0 Å². The Morgan fingerprint density at radius 2 is 2.35 bits per heavy atom. The Hall–Kier alpha value is -0.980. The number of aromatic nitrogens is 1. The number of hydrogen-bond donors (Lipinski definition) is 1. The predicted octanol–water partition coefficient (Wildman–Crippen LogP) is 0.817. The van der Waals surface area contributed by atoms with Gasteiger partial charge in [-0.3, -0.25) is 5.32 Å². The summed E-state index contributed by atoms with van der Waals surface area (Å²) in [5.74, 6) is -0.267. The number of carbonyl (C=O) groups is 1. The Balaban J connectivity index is 2.68. The Morgan fingerprint density at radius 3 is 2.82 bits per heavy atom. The van der Waals surface area contributed by atoms with Crippen molar-refractivity contribution in [1.29, 1.82) is 0 Å². The number of nitrogens with one attached hydrogen (secondary N) is 1. The highest BCUT2D eigenvalue weighted by atomic mass is 32.1. The van der Waals surface area contributed by atoms with Crippen LogP contribution in [0.3, 0.4) is 0 Å². The minimum Gasteiger partial charge on any atom is -0.468 e. The molecule has 0 bridgehead atoms. The van der Waals surface area contributed by atoms with Crippen LogP contribution in [0.2, 0.25) is 0 Å².